The number of pyridine rings is 1. The van der Waals surface area contributed by atoms with Gasteiger partial charge in [-0.1, -0.05) is 26.7 Å². The lowest BCUT2D eigenvalue weighted by Gasteiger charge is -2.37. The minimum absolute atomic E-state index is 0.155. The van der Waals surface area contributed by atoms with Gasteiger partial charge in [-0.15, -0.1) is 0 Å². The Morgan fingerprint density at radius 2 is 1.88 bits per heavy atom. The van der Waals surface area contributed by atoms with Crippen molar-refractivity contribution in [3.05, 3.63) is 30.1 Å². The summed E-state index contributed by atoms with van der Waals surface area (Å²) in [7, 11) is 0. The van der Waals surface area contributed by atoms with Gasteiger partial charge in [0.2, 0.25) is 0 Å². The van der Waals surface area contributed by atoms with Crippen LogP contribution in [0.25, 0.3) is 0 Å². The summed E-state index contributed by atoms with van der Waals surface area (Å²) in [5, 5.41) is 10.7. The molecule has 0 aromatic carbocycles. The maximum Gasteiger partial charge on any atom is 0.0662 e. The van der Waals surface area contributed by atoms with Crippen LogP contribution < -0.4 is 0 Å². The summed E-state index contributed by atoms with van der Waals surface area (Å²) in [6, 6.07) is 4.04. The van der Waals surface area contributed by atoms with E-state index in [0.717, 1.165) is 6.42 Å². The van der Waals surface area contributed by atoms with Crippen molar-refractivity contribution in [3.8, 4) is 0 Å². The highest BCUT2D eigenvalue weighted by Gasteiger charge is 2.41. The van der Waals surface area contributed by atoms with E-state index in [1.165, 1.54) is 31.2 Å². The first kappa shape index (κ1) is 12.6. The zero-order valence-corrected chi connectivity index (χ0v) is 10.9. The van der Waals surface area contributed by atoms with Crippen molar-refractivity contribution in [3.63, 3.8) is 0 Å². The van der Waals surface area contributed by atoms with Crippen LogP contribution in [0.5, 0.6) is 0 Å². The number of aliphatic hydroxyl groups is 1. The maximum atomic E-state index is 10.7. The standard InChI is InChI=1S/C15H23NO/c1-3-15(8-4-5-9-15)14(17)12(2)13-6-10-16-11-7-13/h6-7,10-12,14,17H,3-5,8-9H2,1-2H3. The van der Waals surface area contributed by atoms with E-state index >= 15 is 0 Å². The van der Waals surface area contributed by atoms with E-state index in [-0.39, 0.29) is 17.4 Å². The van der Waals surface area contributed by atoms with Crippen LogP contribution in [0.15, 0.2) is 24.5 Å². The smallest absolute Gasteiger partial charge is 0.0662 e. The van der Waals surface area contributed by atoms with Crippen LogP contribution in [0.4, 0.5) is 0 Å². The molecule has 0 amide bonds. The molecule has 1 aliphatic rings. The van der Waals surface area contributed by atoms with Crippen LogP contribution in [-0.2, 0) is 0 Å². The van der Waals surface area contributed by atoms with Crippen molar-refractivity contribution in [1.29, 1.82) is 0 Å². The highest BCUT2D eigenvalue weighted by molar-refractivity contribution is 5.18. The van der Waals surface area contributed by atoms with Crippen molar-refractivity contribution in [1.82, 2.24) is 4.98 Å². The van der Waals surface area contributed by atoms with E-state index < -0.39 is 0 Å². The minimum atomic E-state index is -0.225. The number of aromatic nitrogens is 1. The Balaban J connectivity index is 2.16. The van der Waals surface area contributed by atoms with Gasteiger partial charge >= 0.3 is 0 Å². The predicted molar refractivity (Wildman–Crippen MR) is 69.9 cm³/mol. The molecule has 1 saturated carbocycles. The Hall–Kier alpha value is -0.890. The van der Waals surface area contributed by atoms with Gasteiger partial charge < -0.3 is 5.11 Å². The molecule has 0 aliphatic heterocycles. The van der Waals surface area contributed by atoms with Gasteiger partial charge in [-0.25, -0.2) is 0 Å². The van der Waals surface area contributed by atoms with Crippen LogP contribution >= 0.6 is 0 Å². The third-order valence-corrected chi connectivity index (χ3v) is 4.64. The van der Waals surface area contributed by atoms with Crippen molar-refractivity contribution >= 4 is 0 Å². The van der Waals surface area contributed by atoms with Crippen molar-refractivity contribution in [2.24, 2.45) is 5.41 Å². The first-order valence-electron chi connectivity index (χ1n) is 6.77. The molecule has 2 heteroatoms. The highest BCUT2D eigenvalue weighted by atomic mass is 16.3. The molecule has 1 N–H and O–H groups in total. The van der Waals surface area contributed by atoms with Crippen LogP contribution in [0.1, 0.15) is 57.4 Å². The Morgan fingerprint density at radius 3 is 2.41 bits per heavy atom. The topological polar surface area (TPSA) is 33.1 Å². The molecular weight excluding hydrogens is 210 g/mol. The first-order chi connectivity index (χ1) is 8.19. The molecular formula is C15H23NO. The van der Waals surface area contributed by atoms with E-state index in [4.69, 9.17) is 0 Å². The molecule has 0 saturated heterocycles. The van der Waals surface area contributed by atoms with E-state index in [9.17, 15) is 5.11 Å². The molecule has 2 atom stereocenters. The van der Waals surface area contributed by atoms with Gasteiger partial charge in [-0.2, -0.15) is 0 Å². The molecule has 0 bridgehead atoms. The zero-order valence-electron chi connectivity index (χ0n) is 10.9. The minimum Gasteiger partial charge on any atom is -0.392 e. The molecule has 1 aromatic rings. The number of rotatable bonds is 4. The molecule has 1 heterocycles. The number of nitrogens with zero attached hydrogens (tertiary/aromatic N) is 1. The number of aliphatic hydroxyl groups excluding tert-OH is 1. The molecule has 94 valence electrons. The molecule has 0 spiro atoms. The zero-order chi connectivity index (χ0) is 12.3. The van der Waals surface area contributed by atoms with Gasteiger partial charge in [0.1, 0.15) is 0 Å². The van der Waals surface area contributed by atoms with Crippen LogP contribution in [-0.4, -0.2) is 16.2 Å². The van der Waals surface area contributed by atoms with E-state index in [1.807, 2.05) is 24.5 Å². The van der Waals surface area contributed by atoms with Gasteiger partial charge in [0, 0.05) is 18.3 Å². The predicted octanol–water partition coefficient (Wildman–Crippen LogP) is 3.52. The second-order valence-corrected chi connectivity index (χ2v) is 5.44. The van der Waals surface area contributed by atoms with Gasteiger partial charge in [0.15, 0.2) is 0 Å². The summed E-state index contributed by atoms with van der Waals surface area (Å²) in [5.74, 6) is 0.205. The van der Waals surface area contributed by atoms with Crippen LogP contribution in [0.3, 0.4) is 0 Å². The summed E-state index contributed by atoms with van der Waals surface area (Å²) < 4.78 is 0. The second kappa shape index (κ2) is 5.18. The summed E-state index contributed by atoms with van der Waals surface area (Å²) in [5.41, 5.74) is 1.36. The third-order valence-electron chi connectivity index (χ3n) is 4.64. The van der Waals surface area contributed by atoms with Crippen molar-refractivity contribution in [2.45, 2.75) is 58.0 Å². The Kier molecular flexibility index (Phi) is 3.82. The van der Waals surface area contributed by atoms with Crippen molar-refractivity contribution in [2.75, 3.05) is 0 Å². The molecule has 1 aromatic heterocycles. The van der Waals surface area contributed by atoms with E-state index in [0.29, 0.717) is 0 Å². The molecule has 1 fully saturated rings. The lowest BCUT2D eigenvalue weighted by atomic mass is 9.72. The van der Waals surface area contributed by atoms with Crippen LogP contribution in [0, 0.1) is 5.41 Å². The van der Waals surface area contributed by atoms with E-state index in [2.05, 4.69) is 18.8 Å². The Bertz CT molecular complexity index is 343. The molecule has 0 radical (unpaired) electrons. The Morgan fingerprint density at radius 1 is 1.29 bits per heavy atom. The summed E-state index contributed by atoms with van der Waals surface area (Å²) in [6.45, 7) is 4.35. The summed E-state index contributed by atoms with van der Waals surface area (Å²) >= 11 is 0. The van der Waals surface area contributed by atoms with E-state index in [1.54, 1.807) is 0 Å². The fourth-order valence-corrected chi connectivity index (χ4v) is 3.32. The summed E-state index contributed by atoms with van der Waals surface area (Å²) in [4.78, 5) is 4.04. The fourth-order valence-electron chi connectivity index (χ4n) is 3.32. The SMILES string of the molecule is CCC1(C(O)C(C)c2ccncc2)CCCC1. The lowest BCUT2D eigenvalue weighted by Crippen LogP contribution is -2.36. The fraction of sp³-hybridized carbons (Fsp3) is 0.667. The largest absolute Gasteiger partial charge is 0.392 e. The van der Waals surface area contributed by atoms with Gasteiger partial charge in [0.05, 0.1) is 6.10 Å². The highest BCUT2D eigenvalue weighted by Crippen LogP contribution is 2.47. The summed E-state index contributed by atoms with van der Waals surface area (Å²) in [6.07, 6.45) is 9.39. The van der Waals surface area contributed by atoms with Crippen LogP contribution in [0.2, 0.25) is 0 Å². The lowest BCUT2D eigenvalue weighted by molar-refractivity contribution is 0.00821. The molecule has 1 aliphatic carbocycles. The maximum absolute atomic E-state index is 10.7. The molecule has 2 rings (SSSR count). The normalized spacial score (nSPS) is 22.3. The van der Waals surface area contributed by atoms with Crippen molar-refractivity contribution < 1.29 is 5.11 Å². The Labute approximate surface area is 104 Å². The molecule has 2 nitrogen and oxygen atoms in total. The second-order valence-electron chi connectivity index (χ2n) is 5.44. The first-order valence-corrected chi connectivity index (χ1v) is 6.77. The molecule has 17 heavy (non-hydrogen) atoms. The number of hydrogen-bond acceptors (Lipinski definition) is 2. The molecule has 2 unspecified atom stereocenters. The number of hydrogen-bond donors (Lipinski definition) is 1. The average molecular weight is 233 g/mol. The van der Waals surface area contributed by atoms with Gasteiger partial charge in [0.25, 0.3) is 0 Å². The van der Waals surface area contributed by atoms with Gasteiger partial charge in [-0.3, -0.25) is 4.98 Å². The average Bonchev–Trinajstić information content (AvgIpc) is 2.88. The van der Waals surface area contributed by atoms with Gasteiger partial charge in [-0.05, 0) is 42.4 Å². The quantitative estimate of drug-likeness (QED) is 0.863. The third kappa shape index (κ3) is 2.37. The monoisotopic (exact) mass is 233 g/mol.